The van der Waals surface area contributed by atoms with Crippen molar-refractivity contribution in [2.24, 2.45) is 5.92 Å². The van der Waals surface area contributed by atoms with Crippen LogP contribution in [-0.2, 0) is 16.0 Å². The Hall–Kier alpha value is -1.44. The van der Waals surface area contributed by atoms with Crippen LogP contribution in [-0.4, -0.2) is 11.6 Å². The molecule has 2 heteroatoms. The fraction of sp³-hybridized carbons (Fsp3) is 0.385. The quantitative estimate of drug-likeness (QED) is 0.705. The summed E-state index contributed by atoms with van der Waals surface area (Å²) < 4.78 is 0. The van der Waals surface area contributed by atoms with E-state index < -0.39 is 0 Å². The summed E-state index contributed by atoms with van der Waals surface area (Å²) in [5, 5.41) is 0. The number of hydrogen-bond acceptors (Lipinski definition) is 2. The first-order valence-corrected chi connectivity index (χ1v) is 5.13. The van der Waals surface area contributed by atoms with Crippen LogP contribution < -0.4 is 0 Å². The number of ketones is 2. The van der Waals surface area contributed by atoms with Gasteiger partial charge in [0.1, 0.15) is 0 Å². The first-order chi connectivity index (χ1) is 7.00. The van der Waals surface area contributed by atoms with E-state index >= 15 is 0 Å². The third kappa shape index (κ3) is 3.31. The third-order valence-electron chi connectivity index (χ3n) is 2.25. The highest BCUT2D eigenvalue weighted by Gasteiger charge is 2.17. The maximum absolute atomic E-state index is 11.5. The van der Waals surface area contributed by atoms with E-state index in [1.54, 1.807) is 13.8 Å². The Labute approximate surface area is 90.3 Å². The zero-order valence-electron chi connectivity index (χ0n) is 9.41. The molecule has 0 amide bonds. The highest BCUT2D eigenvalue weighted by molar-refractivity contribution is 6.38. The van der Waals surface area contributed by atoms with Crippen LogP contribution in [0.25, 0.3) is 0 Å². The number of aryl methyl sites for hydroxylation is 1. The van der Waals surface area contributed by atoms with Crippen molar-refractivity contribution >= 4 is 11.6 Å². The zero-order chi connectivity index (χ0) is 11.4. The summed E-state index contributed by atoms with van der Waals surface area (Å²) in [7, 11) is 0. The van der Waals surface area contributed by atoms with Gasteiger partial charge in [0.2, 0.25) is 11.6 Å². The Morgan fingerprint density at radius 2 is 1.93 bits per heavy atom. The van der Waals surface area contributed by atoms with Crippen molar-refractivity contribution in [2.75, 3.05) is 0 Å². The molecule has 2 nitrogen and oxygen atoms in total. The Balaban J connectivity index is 2.71. The second kappa shape index (κ2) is 4.87. The van der Waals surface area contributed by atoms with E-state index in [1.807, 2.05) is 31.2 Å². The molecule has 80 valence electrons. The summed E-state index contributed by atoms with van der Waals surface area (Å²) in [5.41, 5.74) is 2.02. The maximum Gasteiger partial charge on any atom is 0.203 e. The highest BCUT2D eigenvalue weighted by atomic mass is 16.2. The SMILES string of the molecule is Cc1cccc(CC(=O)C(=O)C(C)C)c1. The number of carbonyl (C=O) groups excluding carboxylic acids is 2. The lowest BCUT2D eigenvalue weighted by Crippen LogP contribution is -2.21. The topological polar surface area (TPSA) is 34.1 Å². The molecule has 0 heterocycles. The smallest absolute Gasteiger partial charge is 0.203 e. The maximum atomic E-state index is 11.5. The lowest BCUT2D eigenvalue weighted by molar-refractivity contribution is -0.138. The molecule has 0 aromatic heterocycles. The number of benzene rings is 1. The van der Waals surface area contributed by atoms with E-state index in [0.717, 1.165) is 11.1 Å². The molecule has 0 N–H and O–H groups in total. The van der Waals surface area contributed by atoms with E-state index in [4.69, 9.17) is 0 Å². The summed E-state index contributed by atoms with van der Waals surface area (Å²) in [4.78, 5) is 22.9. The van der Waals surface area contributed by atoms with Gasteiger partial charge in [0.05, 0.1) is 0 Å². The van der Waals surface area contributed by atoms with Crippen LogP contribution in [0.4, 0.5) is 0 Å². The summed E-state index contributed by atoms with van der Waals surface area (Å²) in [6.45, 7) is 5.46. The summed E-state index contributed by atoms with van der Waals surface area (Å²) in [5.74, 6) is -0.783. The van der Waals surface area contributed by atoms with Gasteiger partial charge in [-0.1, -0.05) is 43.7 Å². The molecule has 0 fully saturated rings. The van der Waals surface area contributed by atoms with Crippen LogP contribution in [0.5, 0.6) is 0 Å². The van der Waals surface area contributed by atoms with E-state index in [9.17, 15) is 9.59 Å². The molecule has 0 unspecified atom stereocenters. The van der Waals surface area contributed by atoms with Crippen molar-refractivity contribution in [1.29, 1.82) is 0 Å². The van der Waals surface area contributed by atoms with E-state index in [2.05, 4.69) is 0 Å². The fourth-order valence-electron chi connectivity index (χ4n) is 1.42. The largest absolute Gasteiger partial charge is 0.291 e. The minimum Gasteiger partial charge on any atom is -0.291 e. The van der Waals surface area contributed by atoms with Crippen LogP contribution in [0.15, 0.2) is 24.3 Å². The van der Waals surface area contributed by atoms with Gasteiger partial charge in [-0.3, -0.25) is 9.59 Å². The van der Waals surface area contributed by atoms with Crippen LogP contribution in [0, 0.1) is 12.8 Å². The second-order valence-corrected chi connectivity index (χ2v) is 4.11. The van der Waals surface area contributed by atoms with Gasteiger partial charge < -0.3 is 0 Å². The van der Waals surface area contributed by atoms with Gasteiger partial charge in [0.25, 0.3) is 0 Å². The first kappa shape index (κ1) is 11.6. The van der Waals surface area contributed by atoms with Crippen molar-refractivity contribution < 1.29 is 9.59 Å². The molecule has 0 radical (unpaired) electrons. The summed E-state index contributed by atoms with van der Waals surface area (Å²) >= 11 is 0. The normalized spacial score (nSPS) is 10.4. The number of hydrogen-bond donors (Lipinski definition) is 0. The predicted molar refractivity (Wildman–Crippen MR) is 59.7 cm³/mol. The van der Waals surface area contributed by atoms with Gasteiger partial charge in [-0.25, -0.2) is 0 Å². The van der Waals surface area contributed by atoms with Crippen LogP contribution in [0.1, 0.15) is 25.0 Å². The molecule has 0 aliphatic carbocycles. The molecule has 0 saturated carbocycles. The van der Waals surface area contributed by atoms with Crippen molar-refractivity contribution in [1.82, 2.24) is 0 Å². The Morgan fingerprint density at radius 3 is 2.47 bits per heavy atom. The van der Waals surface area contributed by atoms with Gasteiger partial charge in [-0.2, -0.15) is 0 Å². The molecule has 0 aliphatic heterocycles. The molecule has 1 aromatic rings. The number of carbonyl (C=O) groups is 2. The van der Waals surface area contributed by atoms with Gasteiger partial charge >= 0.3 is 0 Å². The van der Waals surface area contributed by atoms with Crippen LogP contribution in [0.2, 0.25) is 0 Å². The predicted octanol–water partition coefficient (Wildman–Crippen LogP) is 2.33. The van der Waals surface area contributed by atoms with Gasteiger partial charge in [-0.15, -0.1) is 0 Å². The van der Waals surface area contributed by atoms with Crippen molar-refractivity contribution in [3.8, 4) is 0 Å². The molecule has 0 atom stereocenters. The Kier molecular flexibility index (Phi) is 3.78. The van der Waals surface area contributed by atoms with Crippen molar-refractivity contribution in [3.63, 3.8) is 0 Å². The number of rotatable bonds is 4. The first-order valence-electron chi connectivity index (χ1n) is 5.13. The van der Waals surface area contributed by atoms with Gasteiger partial charge in [-0.05, 0) is 12.5 Å². The van der Waals surface area contributed by atoms with Crippen LogP contribution in [0.3, 0.4) is 0 Å². The minimum atomic E-state index is -0.296. The molecular weight excluding hydrogens is 188 g/mol. The lowest BCUT2D eigenvalue weighted by atomic mass is 9.99. The zero-order valence-corrected chi connectivity index (χ0v) is 9.41. The van der Waals surface area contributed by atoms with Gasteiger partial charge in [0.15, 0.2) is 0 Å². The molecular formula is C13H16O2. The third-order valence-corrected chi connectivity index (χ3v) is 2.25. The van der Waals surface area contributed by atoms with E-state index in [0.29, 0.717) is 0 Å². The molecule has 0 bridgehead atoms. The van der Waals surface area contributed by atoms with Crippen molar-refractivity contribution in [2.45, 2.75) is 27.2 Å². The minimum absolute atomic E-state index is 0.206. The van der Waals surface area contributed by atoms with E-state index in [1.165, 1.54) is 0 Å². The van der Waals surface area contributed by atoms with E-state index in [-0.39, 0.29) is 23.9 Å². The summed E-state index contributed by atoms with van der Waals surface area (Å²) in [6.07, 6.45) is 0.221. The molecule has 0 aliphatic rings. The standard InChI is InChI=1S/C13H16O2/c1-9(2)13(15)12(14)8-11-6-4-5-10(3)7-11/h4-7,9H,8H2,1-3H3. The second-order valence-electron chi connectivity index (χ2n) is 4.11. The molecule has 0 spiro atoms. The number of Topliss-reactive ketones (excluding diaryl/α,β-unsaturated/α-hetero) is 2. The monoisotopic (exact) mass is 204 g/mol. The molecule has 0 saturated heterocycles. The van der Waals surface area contributed by atoms with Crippen LogP contribution >= 0.6 is 0 Å². The Bertz CT molecular complexity index is 378. The average Bonchev–Trinajstić information content (AvgIpc) is 2.16. The molecule has 15 heavy (non-hydrogen) atoms. The molecule has 1 aromatic carbocycles. The lowest BCUT2D eigenvalue weighted by Gasteiger charge is -2.03. The Morgan fingerprint density at radius 1 is 1.27 bits per heavy atom. The average molecular weight is 204 g/mol. The highest BCUT2D eigenvalue weighted by Crippen LogP contribution is 2.07. The molecule has 1 rings (SSSR count). The fourth-order valence-corrected chi connectivity index (χ4v) is 1.42. The summed E-state index contributed by atoms with van der Waals surface area (Å²) in [6, 6.07) is 7.68. The van der Waals surface area contributed by atoms with Gasteiger partial charge in [0, 0.05) is 12.3 Å². The van der Waals surface area contributed by atoms with Crippen molar-refractivity contribution in [3.05, 3.63) is 35.4 Å².